The molecule has 1 nitrogen and oxygen atoms in total. The summed E-state index contributed by atoms with van der Waals surface area (Å²) in [6.45, 7) is 0. The minimum absolute atomic E-state index is 0.416. The van der Waals surface area contributed by atoms with Gasteiger partial charge in [-0.1, -0.05) is 0 Å². The van der Waals surface area contributed by atoms with Gasteiger partial charge in [0.2, 0.25) is 0 Å². The van der Waals surface area contributed by atoms with E-state index in [1.807, 2.05) is 0 Å². The first-order chi connectivity index (χ1) is 7.49. The van der Waals surface area contributed by atoms with Crippen LogP contribution in [0.5, 0.6) is 5.75 Å². The number of methoxy groups -OCH3 is 1. The second-order valence-corrected chi connectivity index (χ2v) is 3.69. The summed E-state index contributed by atoms with van der Waals surface area (Å²) in [6.07, 6.45) is -3.21. The Morgan fingerprint density at radius 3 is 2.50 bits per heavy atom. The molecule has 0 bridgehead atoms. The van der Waals surface area contributed by atoms with Crippen molar-refractivity contribution in [3.63, 3.8) is 0 Å². The molecule has 0 aliphatic carbocycles. The smallest absolute Gasteiger partial charge is 0.416 e. The minimum atomic E-state index is -4.32. The third-order valence-electron chi connectivity index (χ3n) is 2.19. The number of ether oxygens (including phenoxy) is 1. The van der Waals surface area contributed by atoms with Crippen molar-refractivity contribution in [2.24, 2.45) is 0 Å². The topological polar surface area (TPSA) is 9.23 Å². The van der Waals surface area contributed by atoms with Gasteiger partial charge in [0.15, 0.2) is 0 Å². The molecule has 1 aromatic rings. The van der Waals surface area contributed by atoms with Gasteiger partial charge in [-0.2, -0.15) is 13.2 Å². The van der Waals surface area contributed by atoms with E-state index in [9.17, 15) is 13.2 Å². The molecule has 0 aliphatic heterocycles. The van der Waals surface area contributed by atoms with E-state index >= 15 is 0 Å². The fourth-order valence-corrected chi connectivity index (χ4v) is 1.54. The molecule has 0 radical (unpaired) electrons. The maximum Gasteiger partial charge on any atom is 0.416 e. The number of alkyl halides is 4. The molecule has 0 fully saturated rings. The Labute approximate surface area is 97.2 Å². The van der Waals surface area contributed by atoms with E-state index < -0.39 is 11.7 Å². The second-order valence-electron chi connectivity index (χ2n) is 3.32. The monoisotopic (exact) mass is 252 g/mol. The maximum absolute atomic E-state index is 12.5. The van der Waals surface area contributed by atoms with Gasteiger partial charge in [-0.15, -0.1) is 11.6 Å². The van der Waals surface area contributed by atoms with Crippen molar-refractivity contribution in [2.75, 3.05) is 13.0 Å². The first-order valence-corrected chi connectivity index (χ1v) is 5.32. The molecule has 0 atom stereocenters. The fourth-order valence-electron chi connectivity index (χ4n) is 1.41. The molecular weight excluding hydrogens is 241 g/mol. The van der Waals surface area contributed by atoms with Crippen LogP contribution in [0, 0.1) is 0 Å². The van der Waals surface area contributed by atoms with Crippen LogP contribution in [0.2, 0.25) is 0 Å². The summed E-state index contributed by atoms with van der Waals surface area (Å²) in [5.41, 5.74) is -0.115. The number of hydrogen-bond donors (Lipinski definition) is 0. The van der Waals surface area contributed by atoms with Gasteiger partial charge < -0.3 is 4.74 Å². The molecule has 0 saturated carbocycles. The molecule has 5 heteroatoms. The molecule has 0 aromatic heterocycles. The first-order valence-electron chi connectivity index (χ1n) is 4.79. The van der Waals surface area contributed by atoms with Gasteiger partial charge in [-0.3, -0.25) is 0 Å². The van der Waals surface area contributed by atoms with Gasteiger partial charge in [-0.25, -0.2) is 0 Å². The zero-order valence-corrected chi connectivity index (χ0v) is 9.53. The van der Waals surface area contributed by atoms with Crippen LogP contribution < -0.4 is 4.74 Å². The van der Waals surface area contributed by atoms with E-state index in [-0.39, 0.29) is 0 Å². The highest BCUT2D eigenvalue weighted by atomic mass is 35.5. The van der Waals surface area contributed by atoms with Gasteiger partial charge in [0, 0.05) is 5.88 Å². The lowest BCUT2D eigenvalue weighted by Crippen LogP contribution is -2.06. The van der Waals surface area contributed by atoms with Crippen LogP contribution in [0.3, 0.4) is 0 Å². The van der Waals surface area contributed by atoms with E-state index in [2.05, 4.69) is 0 Å². The first kappa shape index (κ1) is 13.2. The van der Waals surface area contributed by atoms with Crippen molar-refractivity contribution in [1.29, 1.82) is 0 Å². The van der Waals surface area contributed by atoms with Gasteiger partial charge in [0.25, 0.3) is 0 Å². The van der Waals surface area contributed by atoms with Crippen molar-refractivity contribution in [3.05, 3.63) is 29.3 Å². The van der Waals surface area contributed by atoms with E-state index in [1.54, 1.807) is 0 Å². The average molecular weight is 253 g/mol. The molecule has 0 unspecified atom stereocenters. The molecule has 1 aromatic carbocycles. The van der Waals surface area contributed by atoms with Crippen molar-refractivity contribution < 1.29 is 17.9 Å². The van der Waals surface area contributed by atoms with Crippen molar-refractivity contribution in [2.45, 2.75) is 19.0 Å². The van der Waals surface area contributed by atoms with Gasteiger partial charge in [-0.05, 0) is 36.6 Å². The summed E-state index contributed by atoms with van der Waals surface area (Å²) >= 11 is 5.51. The third kappa shape index (κ3) is 3.30. The molecule has 0 aliphatic rings. The minimum Gasteiger partial charge on any atom is -0.496 e. The normalized spacial score (nSPS) is 11.6. The van der Waals surface area contributed by atoms with E-state index in [4.69, 9.17) is 16.3 Å². The molecule has 0 spiro atoms. The number of aryl methyl sites for hydroxylation is 1. The van der Waals surface area contributed by atoms with Crippen LogP contribution in [-0.4, -0.2) is 13.0 Å². The zero-order chi connectivity index (χ0) is 12.2. The summed E-state index contributed by atoms with van der Waals surface area (Å²) in [6, 6.07) is 3.47. The predicted octanol–water partition coefficient (Wildman–Crippen LogP) is 3.89. The summed E-state index contributed by atoms with van der Waals surface area (Å²) in [5.74, 6) is 0.887. The Hall–Kier alpha value is -0.900. The lowest BCUT2D eigenvalue weighted by molar-refractivity contribution is -0.137. The number of rotatable bonds is 4. The molecule has 0 heterocycles. The van der Waals surface area contributed by atoms with Crippen LogP contribution >= 0.6 is 11.6 Å². The summed E-state index contributed by atoms with van der Waals surface area (Å²) in [4.78, 5) is 0. The van der Waals surface area contributed by atoms with Crippen molar-refractivity contribution >= 4 is 11.6 Å². The highest BCUT2D eigenvalue weighted by molar-refractivity contribution is 6.17. The van der Waals surface area contributed by atoms with Crippen LogP contribution in [-0.2, 0) is 12.6 Å². The Morgan fingerprint density at radius 1 is 1.31 bits per heavy atom. The van der Waals surface area contributed by atoms with Crippen LogP contribution in [0.15, 0.2) is 18.2 Å². The molecule has 0 amide bonds. The molecule has 0 N–H and O–H groups in total. The van der Waals surface area contributed by atoms with Crippen molar-refractivity contribution in [1.82, 2.24) is 0 Å². The SMILES string of the molecule is COc1ccc(C(F)(F)F)cc1CCCCl. The average Bonchev–Trinajstić information content (AvgIpc) is 2.24. The third-order valence-corrected chi connectivity index (χ3v) is 2.45. The number of benzene rings is 1. The fraction of sp³-hybridized carbons (Fsp3) is 0.455. The van der Waals surface area contributed by atoms with E-state index in [1.165, 1.54) is 13.2 Å². The summed E-state index contributed by atoms with van der Waals surface area (Å²) in [7, 11) is 1.44. The van der Waals surface area contributed by atoms with Crippen LogP contribution in [0.1, 0.15) is 17.5 Å². The van der Waals surface area contributed by atoms with Gasteiger partial charge >= 0.3 is 6.18 Å². The van der Waals surface area contributed by atoms with E-state index in [0.29, 0.717) is 30.0 Å². The quantitative estimate of drug-likeness (QED) is 0.739. The zero-order valence-electron chi connectivity index (χ0n) is 8.77. The van der Waals surface area contributed by atoms with Gasteiger partial charge in [0.1, 0.15) is 5.75 Å². The lowest BCUT2D eigenvalue weighted by atomic mass is 10.1. The highest BCUT2D eigenvalue weighted by Gasteiger charge is 2.30. The maximum atomic E-state index is 12.5. The Balaban J connectivity index is 3.01. The standard InChI is InChI=1S/C11H12ClF3O/c1-16-10-5-4-9(11(13,14)15)7-8(10)3-2-6-12/h4-5,7H,2-3,6H2,1H3. The largest absolute Gasteiger partial charge is 0.496 e. The van der Waals surface area contributed by atoms with E-state index in [0.717, 1.165) is 12.1 Å². The molecule has 1 rings (SSSR count). The second kappa shape index (κ2) is 5.43. The summed E-state index contributed by atoms with van der Waals surface area (Å²) in [5, 5.41) is 0. The lowest BCUT2D eigenvalue weighted by Gasteiger charge is -2.12. The molecule has 90 valence electrons. The molecule has 16 heavy (non-hydrogen) atoms. The molecule has 0 saturated heterocycles. The van der Waals surface area contributed by atoms with Crippen molar-refractivity contribution in [3.8, 4) is 5.75 Å². The van der Waals surface area contributed by atoms with Crippen LogP contribution in [0.4, 0.5) is 13.2 Å². The van der Waals surface area contributed by atoms with Gasteiger partial charge in [0.05, 0.1) is 12.7 Å². The highest BCUT2D eigenvalue weighted by Crippen LogP contribution is 2.32. The Morgan fingerprint density at radius 2 is 2.00 bits per heavy atom. The Bertz CT molecular complexity index is 350. The predicted molar refractivity (Wildman–Crippen MR) is 57.0 cm³/mol. The number of hydrogen-bond acceptors (Lipinski definition) is 1. The van der Waals surface area contributed by atoms with Crippen LogP contribution in [0.25, 0.3) is 0 Å². The summed E-state index contributed by atoms with van der Waals surface area (Å²) < 4.78 is 42.4. The molecular formula is C11H12ClF3O. The Kier molecular flexibility index (Phi) is 4.47. The number of halogens is 4.